The number of carbonyl (C=O) groups is 2. The highest BCUT2D eigenvalue weighted by molar-refractivity contribution is 5.99. The van der Waals surface area contributed by atoms with E-state index in [2.05, 4.69) is 0 Å². The summed E-state index contributed by atoms with van der Waals surface area (Å²) < 4.78 is 4.93. The van der Waals surface area contributed by atoms with Crippen LogP contribution in [0.15, 0.2) is 0 Å². The topological polar surface area (TPSA) is 43.4 Å². The average molecular weight is 214 g/mol. The molecule has 3 nitrogen and oxygen atoms in total. The van der Waals surface area contributed by atoms with Crippen LogP contribution in [-0.4, -0.2) is 18.4 Å². The molecule has 2 unspecified atom stereocenters. The minimum absolute atomic E-state index is 0.0188. The number of esters is 1. The molecule has 0 rings (SSSR count). The highest BCUT2D eigenvalue weighted by Crippen LogP contribution is 2.20. The van der Waals surface area contributed by atoms with E-state index in [0.29, 0.717) is 13.0 Å². The molecule has 0 amide bonds. The van der Waals surface area contributed by atoms with Crippen molar-refractivity contribution < 1.29 is 14.3 Å². The Balaban J connectivity index is 4.56. The van der Waals surface area contributed by atoms with E-state index in [1.165, 1.54) is 0 Å². The molecule has 0 heterocycles. The largest absolute Gasteiger partial charge is 0.465 e. The lowest BCUT2D eigenvalue weighted by molar-refractivity contribution is -0.153. The predicted molar refractivity (Wildman–Crippen MR) is 59.5 cm³/mol. The zero-order valence-electron chi connectivity index (χ0n) is 10.2. The van der Waals surface area contributed by atoms with E-state index in [-0.39, 0.29) is 17.7 Å². The Kier molecular flexibility index (Phi) is 7.01. The van der Waals surface area contributed by atoms with Gasteiger partial charge in [0.05, 0.1) is 6.61 Å². The van der Waals surface area contributed by atoms with Crippen molar-refractivity contribution in [3.8, 4) is 0 Å². The molecular weight excluding hydrogens is 192 g/mol. The van der Waals surface area contributed by atoms with Crippen molar-refractivity contribution in [2.75, 3.05) is 6.61 Å². The van der Waals surface area contributed by atoms with Crippen LogP contribution in [0.2, 0.25) is 0 Å². The molecule has 0 aromatic carbocycles. The van der Waals surface area contributed by atoms with Gasteiger partial charge in [-0.05, 0) is 19.3 Å². The summed E-state index contributed by atoms with van der Waals surface area (Å²) >= 11 is 0. The van der Waals surface area contributed by atoms with Crippen molar-refractivity contribution in [3.63, 3.8) is 0 Å². The number of Topliss-reactive ketones (excluding diaryl/α,β-unsaturated/α-hetero) is 1. The lowest BCUT2D eigenvalue weighted by Crippen LogP contribution is -2.31. The van der Waals surface area contributed by atoms with Gasteiger partial charge >= 0.3 is 5.97 Å². The normalized spacial score (nSPS) is 14.4. The molecule has 0 aromatic heterocycles. The number of ketones is 1. The Bertz CT molecular complexity index is 193. The van der Waals surface area contributed by atoms with E-state index < -0.39 is 5.92 Å². The second kappa shape index (κ2) is 7.43. The zero-order valence-corrected chi connectivity index (χ0v) is 10.2. The van der Waals surface area contributed by atoms with Gasteiger partial charge in [0.1, 0.15) is 11.7 Å². The summed E-state index contributed by atoms with van der Waals surface area (Å²) in [5.41, 5.74) is 0. The summed E-state index contributed by atoms with van der Waals surface area (Å²) in [7, 11) is 0. The van der Waals surface area contributed by atoms with Crippen LogP contribution in [-0.2, 0) is 14.3 Å². The molecule has 0 radical (unpaired) electrons. The first-order chi connectivity index (χ1) is 7.08. The first-order valence-electron chi connectivity index (χ1n) is 5.77. The van der Waals surface area contributed by atoms with Gasteiger partial charge in [-0.3, -0.25) is 9.59 Å². The maximum atomic E-state index is 11.8. The van der Waals surface area contributed by atoms with E-state index in [1.807, 2.05) is 20.8 Å². The molecule has 88 valence electrons. The van der Waals surface area contributed by atoms with Crippen molar-refractivity contribution in [2.24, 2.45) is 11.8 Å². The smallest absolute Gasteiger partial charge is 0.316 e. The molecule has 3 heteroatoms. The van der Waals surface area contributed by atoms with E-state index in [9.17, 15) is 9.59 Å². The summed E-state index contributed by atoms with van der Waals surface area (Å²) in [5.74, 6) is -0.825. The fourth-order valence-electron chi connectivity index (χ4n) is 1.55. The average Bonchev–Trinajstić information content (AvgIpc) is 2.18. The number of hydrogen-bond acceptors (Lipinski definition) is 3. The molecule has 15 heavy (non-hydrogen) atoms. The van der Waals surface area contributed by atoms with E-state index in [0.717, 1.165) is 12.8 Å². The second-order valence-corrected chi connectivity index (χ2v) is 3.83. The Hall–Kier alpha value is -0.860. The van der Waals surface area contributed by atoms with Crippen molar-refractivity contribution in [1.29, 1.82) is 0 Å². The zero-order chi connectivity index (χ0) is 11.8. The third kappa shape index (κ3) is 4.45. The Morgan fingerprint density at radius 2 is 1.80 bits per heavy atom. The molecule has 0 aliphatic heterocycles. The molecule has 2 atom stereocenters. The summed E-state index contributed by atoms with van der Waals surface area (Å²) in [6, 6.07) is 0. The highest BCUT2D eigenvalue weighted by atomic mass is 16.5. The minimum atomic E-state index is -0.560. The summed E-state index contributed by atoms with van der Waals surface area (Å²) in [6.07, 6.45) is 2.07. The van der Waals surface area contributed by atoms with E-state index >= 15 is 0 Å². The maximum absolute atomic E-state index is 11.8. The first-order valence-corrected chi connectivity index (χ1v) is 5.77. The molecule has 0 aromatic rings. The fraction of sp³-hybridized carbons (Fsp3) is 0.833. The van der Waals surface area contributed by atoms with Crippen LogP contribution in [0.5, 0.6) is 0 Å². The number of ether oxygens (including phenoxy) is 1. The summed E-state index contributed by atoms with van der Waals surface area (Å²) in [6.45, 7) is 7.95. The van der Waals surface area contributed by atoms with Gasteiger partial charge < -0.3 is 4.74 Å². The number of carbonyl (C=O) groups excluding carboxylic acids is 2. The predicted octanol–water partition coefficient (Wildman–Crippen LogP) is 2.58. The Morgan fingerprint density at radius 3 is 2.20 bits per heavy atom. The van der Waals surface area contributed by atoms with Crippen LogP contribution < -0.4 is 0 Å². The third-order valence-corrected chi connectivity index (χ3v) is 2.60. The molecule has 0 saturated carbocycles. The molecular formula is C12H22O3. The van der Waals surface area contributed by atoms with Gasteiger partial charge in [-0.15, -0.1) is 0 Å². The Morgan fingerprint density at radius 1 is 1.20 bits per heavy atom. The minimum Gasteiger partial charge on any atom is -0.465 e. The summed E-state index contributed by atoms with van der Waals surface area (Å²) in [5, 5.41) is 0. The van der Waals surface area contributed by atoms with Crippen molar-refractivity contribution >= 4 is 11.8 Å². The number of hydrogen-bond donors (Lipinski definition) is 0. The van der Waals surface area contributed by atoms with Crippen molar-refractivity contribution in [3.05, 3.63) is 0 Å². The van der Waals surface area contributed by atoms with E-state index in [4.69, 9.17) is 4.74 Å². The van der Waals surface area contributed by atoms with Crippen molar-refractivity contribution in [2.45, 2.75) is 47.0 Å². The molecule has 0 spiro atoms. The molecule has 0 aliphatic carbocycles. The maximum Gasteiger partial charge on any atom is 0.316 e. The van der Waals surface area contributed by atoms with Gasteiger partial charge in [-0.25, -0.2) is 0 Å². The molecule has 0 bridgehead atoms. The molecule has 0 aliphatic rings. The van der Waals surface area contributed by atoms with Crippen LogP contribution in [0.4, 0.5) is 0 Å². The van der Waals surface area contributed by atoms with Crippen LogP contribution in [0, 0.1) is 11.8 Å². The molecule has 0 N–H and O–H groups in total. The standard InChI is InChI=1S/C12H22O3/c1-5-8-10(13)11(9(4)6-2)12(14)15-7-3/h9,11H,5-8H2,1-4H3. The third-order valence-electron chi connectivity index (χ3n) is 2.60. The van der Waals surface area contributed by atoms with Crippen molar-refractivity contribution in [1.82, 2.24) is 0 Å². The quantitative estimate of drug-likeness (QED) is 0.483. The van der Waals surface area contributed by atoms with Crippen LogP contribution >= 0.6 is 0 Å². The molecule has 0 saturated heterocycles. The first kappa shape index (κ1) is 14.1. The number of rotatable bonds is 7. The molecule has 0 fully saturated rings. The van der Waals surface area contributed by atoms with Crippen LogP contribution in [0.1, 0.15) is 47.0 Å². The van der Waals surface area contributed by atoms with Gasteiger partial charge in [0.2, 0.25) is 0 Å². The van der Waals surface area contributed by atoms with Gasteiger partial charge in [0.25, 0.3) is 0 Å². The van der Waals surface area contributed by atoms with Crippen LogP contribution in [0.3, 0.4) is 0 Å². The monoisotopic (exact) mass is 214 g/mol. The lowest BCUT2D eigenvalue weighted by Gasteiger charge is -2.19. The van der Waals surface area contributed by atoms with Gasteiger partial charge in [-0.1, -0.05) is 27.2 Å². The highest BCUT2D eigenvalue weighted by Gasteiger charge is 2.31. The van der Waals surface area contributed by atoms with Crippen LogP contribution in [0.25, 0.3) is 0 Å². The summed E-state index contributed by atoms with van der Waals surface area (Å²) in [4.78, 5) is 23.4. The SMILES string of the molecule is CCCC(=O)C(C(=O)OCC)C(C)CC. The van der Waals surface area contributed by atoms with E-state index in [1.54, 1.807) is 6.92 Å². The van der Waals surface area contributed by atoms with Gasteiger partial charge in [-0.2, -0.15) is 0 Å². The Labute approximate surface area is 92.2 Å². The lowest BCUT2D eigenvalue weighted by atomic mass is 9.86. The fourth-order valence-corrected chi connectivity index (χ4v) is 1.55. The van der Waals surface area contributed by atoms with Gasteiger partial charge in [0, 0.05) is 6.42 Å². The second-order valence-electron chi connectivity index (χ2n) is 3.83. The van der Waals surface area contributed by atoms with Gasteiger partial charge in [0.15, 0.2) is 0 Å².